The first-order valence-electron chi connectivity index (χ1n) is 7.73. The van der Waals surface area contributed by atoms with Crippen molar-refractivity contribution in [1.82, 2.24) is 9.80 Å². The van der Waals surface area contributed by atoms with Gasteiger partial charge in [0, 0.05) is 19.2 Å². The molecule has 2 saturated heterocycles. The fraction of sp³-hybridized carbons (Fsp3) is 0.400. The highest BCUT2D eigenvalue weighted by atomic mass is 32.2. The normalized spacial score (nSPS) is 19.8. The predicted molar refractivity (Wildman–Crippen MR) is 88.5 cm³/mol. The van der Waals surface area contributed by atoms with Crippen molar-refractivity contribution in [2.45, 2.75) is 19.3 Å². The van der Waals surface area contributed by atoms with E-state index < -0.39 is 22.0 Å². The van der Waals surface area contributed by atoms with Crippen molar-refractivity contribution in [3.63, 3.8) is 0 Å². The number of amides is 3. The van der Waals surface area contributed by atoms with Gasteiger partial charge in [-0.2, -0.15) is 0 Å². The number of furan rings is 1. The van der Waals surface area contributed by atoms with Gasteiger partial charge in [-0.25, -0.2) is 0 Å². The Hall–Kier alpha value is -2.62. The molecule has 0 aliphatic carbocycles. The molecule has 3 heterocycles. The number of hydrogen-bond donors (Lipinski definition) is 0. The van der Waals surface area contributed by atoms with Crippen LogP contribution < -0.4 is 0 Å². The molecule has 0 N–H and O–H groups in total. The highest BCUT2D eigenvalue weighted by molar-refractivity contribution is 8.18. The van der Waals surface area contributed by atoms with Crippen LogP contribution in [-0.2, 0) is 9.59 Å². The Morgan fingerprint density at radius 1 is 1.28 bits per heavy atom. The van der Waals surface area contributed by atoms with Gasteiger partial charge in [0.2, 0.25) is 5.91 Å². The standard InChI is InChI=1S/C15H15N3O6S/c19-12(16-6-2-1-3-7-16)9-17-14(20)11(25-15(17)21)8-10-4-5-13(24-10)18(22)23/h4-5,8H,1-3,6-7,9H2. The number of imide groups is 1. The van der Waals surface area contributed by atoms with Crippen LogP contribution in [0, 0.1) is 10.1 Å². The van der Waals surface area contributed by atoms with Gasteiger partial charge in [0.1, 0.15) is 17.2 Å². The second-order valence-corrected chi connectivity index (χ2v) is 6.64. The molecule has 0 radical (unpaired) electrons. The number of carbonyl (C=O) groups excluding carboxylic acids is 3. The zero-order chi connectivity index (χ0) is 18.0. The van der Waals surface area contributed by atoms with Crippen molar-refractivity contribution >= 4 is 40.8 Å². The van der Waals surface area contributed by atoms with E-state index >= 15 is 0 Å². The Bertz CT molecular complexity index is 765. The number of nitrogens with zero attached hydrogens (tertiary/aromatic N) is 3. The first kappa shape index (κ1) is 17.2. The van der Waals surface area contributed by atoms with E-state index in [-0.39, 0.29) is 23.1 Å². The highest BCUT2D eigenvalue weighted by Gasteiger charge is 2.37. The molecule has 0 aromatic carbocycles. The summed E-state index contributed by atoms with van der Waals surface area (Å²) in [5, 5.41) is 10.1. The van der Waals surface area contributed by atoms with E-state index in [1.165, 1.54) is 12.1 Å². The fourth-order valence-corrected chi connectivity index (χ4v) is 3.48. The van der Waals surface area contributed by atoms with Gasteiger partial charge in [0.15, 0.2) is 0 Å². The van der Waals surface area contributed by atoms with Gasteiger partial charge in [0.05, 0.1) is 11.0 Å². The average molecular weight is 365 g/mol. The molecule has 132 valence electrons. The molecule has 2 aliphatic heterocycles. The second-order valence-electron chi connectivity index (χ2n) is 5.64. The highest BCUT2D eigenvalue weighted by Crippen LogP contribution is 2.33. The Balaban J connectivity index is 1.69. The number of piperidine rings is 1. The van der Waals surface area contributed by atoms with E-state index in [0.29, 0.717) is 24.9 Å². The van der Waals surface area contributed by atoms with Crippen LogP contribution in [0.15, 0.2) is 21.5 Å². The summed E-state index contributed by atoms with van der Waals surface area (Å²) in [5.74, 6) is -1.21. The van der Waals surface area contributed by atoms with Crippen LogP contribution in [0.3, 0.4) is 0 Å². The molecule has 9 nitrogen and oxygen atoms in total. The number of carbonyl (C=O) groups is 3. The monoisotopic (exact) mass is 365 g/mol. The van der Waals surface area contributed by atoms with E-state index in [1.807, 2.05) is 0 Å². The van der Waals surface area contributed by atoms with Crippen LogP contribution in [0.5, 0.6) is 0 Å². The van der Waals surface area contributed by atoms with Crippen LogP contribution >= 0.6 is 11.8 Å². The number of rotatable bonds is 4. The van der Waals surface area contributed by atoms with Gasteiger partial charge < -0.3 is 9.32 Å². The molecule has 0 saturated carbocycles. The summed E-state index contributed by atoms with van der Waals surface area (Å²) in [6, 6.07) is 2.50. The van der Waals surface area contributed by atoms with E-state index in [4.69, 9.17) is 4.42 Å². The molecule has 0 unspecified atom stereocenters. The summed E-state index contributed by atoms with van der Waals surface area (Å²) in [5.41, 5.74) is 0. The van der Waals surface area contributed by atoms with Crippen molar-refractivity contribution in [1.29, 1.82) is 0 Å². The lowest BCUT2D eigenvalue weighted by molar-refractivity contribution is -0.402. The number of thioether (sulfide) groups is 1. The van der Waals surface area contributed by atoms with Crippen molar-refractivity contribution in [2.75, 3.05) is 19.6 Å². The van der Waals surface area contributed by atoms with Crippen molar-refractivity contribution in [3.05, 3.63) is 32.9 Å². The summed E-state index contributed by atoms with van der Waals surface area (Å²) in [6.45, 7) is 0.988. The van der Waals surface area contributed by atoms with Crippen LogP contribution in [-0.4, -0.2) is 51.4 Å². The van der Waals surface area contributed by atoms with E-state index in [1.54, 1.807) is 4.90 Å². The molecule has 10 heteroatoms. The zero-order valence-electron chi connectivity index (χ0n) is 13.2. The molecule has 0 atom stereocenters. The molecular formula is C15H15N3O6S. The van der Waals surface area contributed by atoms with Crippen LogP contribution in [0.25, 0.3) is 6.08 Å². The minimum atomic E-state index is -0.694. The average Bonchev–Trinajstić information content (AvgIpc) is 3.16. The SMILES string of the molecule is O=C(CN1C(=O)SC(=Cc2ccc([N+](=O)[O-])o2)C1=O)N1CCCCC1. The second kappa shape index (κ2) is 7.09. The molecule has 2 aliphatic rings. The predicted octanol–water partition coefficient (Wildman–Crippen LogP) is 2.24. The maximum atomic E-state index is 12.3. The summed E-state index contributed by atoms with van der Waals surface area (Å²) in [4.78, 5) is 49.2. The third kappa shape index (κ3) is 3.73. The van der Waals surface area contributed by atoms with E-state index in [0.717, 1.165) is 30.2 Å². The van der Waals surface area contributed by atoms with Crippen molar-refractivity contribution in [3.8, 4) is 0 Å². The topological polar surface area (TPSA) is 114 Å². The summed E-state index contributed by atoms with van der Waals surface area (Å²) in [7, 11) is 0. The first-order valence-corrected chi connectivity index (χ1v) is 8.55. The molecule has 3 amide bonds. The van der Waals surface area contributed by atoms with Crippen LogP contribution in [0.1, 0.15) is 25.0 Å². The third-order valence-corrected chi connectivity index (χ3v) is 4.85. The Labute approximate surface area is 146 Å². The molecule has 1 aromatic rings. The number of hydrogen-bond acceptors (Lipinski definition) is 7. The Kier molecular flexibility index (Phi) is 4.88. The van der Waals surface area contributed by atoms with Gasteiger partial charge in [-0.05, 0) is 37.1 Å². The van der Waals surface area contributed by atoms with E-state index in [2.05, 4.69) is 0 Å². The Morgan fingerprint density at radius 3 is 2.64 bits per heavy atom. The summed E-state index contributed by atoms with van der Waals surface area (Å²) < 4.78 is 4.96. The molecule has 0 spiro atoms. The molecule has 25 heavy (non-hydrogen) atoms. The van der Waals surface area contributed by atoms with Crippen LogP contribution in [0.2, 0.25) is 0 Å². The van der Waals surface area contributed by atoms with Crippen molar-refractivity contribution < 1.29 is 23.7 Å². The van der Waals surface area contributed by atoms with Gasteiger partial charge in [-0.15, -0.1) is 0 Å². The first-order chi connectivity index (χ1) is 12.0. The van der Waals surface area contributed by atoms with Gasteiger partial charge >= 0.3 is 5.88 Å². The van der Waals surface area contributed by atoms with Gasteiger partial charge in [-0.1, -0.05) is 0 Å². The molecule has 1 aromatic heterocycles. The third-order valence-electron chi connectivity index (χ3n) is 3.94. The van der Waals surface area contributed by atoms with E-state index in [9.17, 15) is 24.5 Å². The minimum Gasteiger partial charge on any atom is -0.401 e. The molecule has 0 bridgehead atoms. The quantitative estimate of drug-likeness (QED) is 0.456. The Morgan fingerprint density at radius 2 is 2.00 bits per heavy atom. The van der Waals surface area contributed by atoms with Crippen LogP contribution in [0.4, 0.5) is 10.7 Å². The lowest BCUT2D eigenvalue weighted by atomic mass is 10.1. The molecular weight excluding hydrogens is 350 g/mol. The van der Waals surface area contributed by atoms with Crippen molar-refractivity contribution in [2.24, 2.45) is 0 Å². The van der Waals surface area contributed by atoms with Gasteiger partial charge in [0.25, 0.3) is 11.1 Å². The maximum absolute atomic E-state index is 12.3. The maximum Gasteiger partial charge on any atom is 0.433 e. The summed E-state index contributed by atoms with van der Waals surface area (Å²) >= 11 is 0.681. The fourth-order valence-electron chi connectivity index (χ4n) is 2.66. The molecule has 2 fully saturated rings. The lowest BCUT2D eigenvalue weighted by Gasteiger charge is -2.27. The zero-order valence-corrected chi connectivity index (χ0v) is 14.0. The lowest BCUT2D eigenvalue weighted by Crippen LogP contribution is -2.44. The summed E-state index contributed by atoms with van der Waals surface area (Å²) in [6.07, 6.45) is 4.18. The molecule has 3 rings (SSSR count). The minimum absolute atomic E-state index is 0.0701. The smallest absolute Gasteiger partial charge is 0.401 e. The largest absolute Gasteiger partial charge is 0.433 e. The van der Waals surface area contributed by atoms with Gasteiger partial charge in [-0.3, -0.25) is 29.4 Å². The number of nitro groups is 1. The number of likely N-dealkylation sites (tertiary alicyclic amines) is 1.